The maximum Gasteiger partial charge on any atom is 0.381 e. The molecule has 1 aliphatic heterocycles. The molecule has 0 spiro atoms. The van der Waals surface area contributed by atoms with Crippen LogP contribution in [-0.2, 0) is 22.5 Å². The number of carbonyl (C=O) groups is 3. The monoisotopic (exact) mass is 392 g/mol. The smallest absolute Gasteiger partial charge is 0.381 e. The number of nitrogens with zero attached hydrogens (tertiary/aromatic N) is 1. The number of ketones is 1. The first-order valence-corrected chi connectivity index (χ1v) is 8.92. The first-order valence-electron chi connectivity index (χ1n) is 8.55. The van der Waals surface area contributed by atoms with E-state index < -0.39 is 17.7 Å². The van der Waals surface area contributed by atoms with E-state index in [1.165, 1.54) is 18.2 Å². The van der Waals surface area contributed by atoms with E-state index >= 15 is 0 Å². The number of nitrogens with one attached hydrogen (secondary N) is 1. The maximum atomic E-state index is 13.4. The average molecular weight is 393 g/mol. The van der Waals surface area contributed by atoms with E-state index in [0.29, 0.717) is 29.9 Å². The Kier molecular flexibility index (Phi) is 5.32. The molecule has 0 unspecified atom stereocenters. The fraction of sp³-hybridized carbons (Fsp3) is 0.316. The fourth-order valence-corrected chi connectivity index (χ4v) is 3.59. The van der Waals surface area contributed by atoms with Crippen LogP contribution in [0.2, 0.25) is 5.02 Å². The number of fused-ring (bicyclic) bond motifs is 1. The van der Waals surface area contributed by atoms with Gasteiger partial charge < -0.3 is 14.6 Å². The van der Waals surface area contributed by atoms with Crippen molar-refractivity contribution in [3.63, 3.8) is 0 Å². The van der Waals surface area contributed by atoms with Crippen molar-refractivity contribution >= 4 is 34.9 Å². The van der Waals surface area contributed by atoms with Gasteiger partial charge in [0.1, 0.15) is 11.5 Å². The van der Waals surface area contributed by atoms with Gasteiger partial charge in [0, 0.05) is 17.9 Å². The second-order valence-corrected chi connectivity index (χ2v) is 6.59. The summed E-state index contributed by atoms with van der Waals surface area (Å²) in [5.41, 5.74) is 1.53. The van der Waals surface area contributed by atoms with Crippen molar-refractivity contribution in [1.29, 1.82) is 0 Å². The highest BCUT2D eigenvalue weighted by molar-refractivity contribution is 6.46. The SMILES string of the molecule is CCOC(=O)C(=O)c1c(Cl)c(C(=O)Nc2ccc(F)c(C)c2)c2n1CCC2. The van der Waals surface area contributed by atoms with Gasteiger partial charge in [0.15, 0.2) is 0 Å². The van der Waals surface area contributed by atoms with E-state index in [0.717, 1.165) is 6.42 Å². The summed E-state index contributed by atoms with van der Waals surface area (Å²) in [4.78, 5) is 37.1. The quantitative estimate of drug-likeness (QED) is 0.479. The number of aryl methyl sites for hydroxylation is 1. The van der Waals surface area contributed by atoms with Crippen molar-refractivity contribution in [1.82, 2.24) is 4.57 Å². The predicted molar refractivity (Wildman–Crippen MR) is 97.8 cm³/mol. The Morgan fingerprint density at radius 1 is 1.33 bits per heavy atom. The molecule has 0 atom stereocenters. The molecule has 2 aromatic rings. The molecule has 1 aromatic carbocycles. The lowest BCUT2D eigenvalue weighted by molar-refractivity contribution is -0.137. The van der Waals surface area contributed by atoms with Gasteiger partial charge in [-0.15, -0.1) is 0 Å². The number of Topliss-reactive ketones (excluding diaryl/α,β-unsaturated/α-hetero) is 1. The normalized spacial score (nSPS) is 12.6. The van der Waals surface area contributed by atoms with Crippen LogP contribution in [0.1, 0.15) is 45.4 Å². The van der Waals surface area contributed by atoms with Gasteiger partial charge in [-0.25, -0.2) is 9.18 Å². The number of amides is 1. The maximum absolute atomic E-state index is 13.4. The molecule has 0 radical (unpaired) electrons. The zero-order chi connectivity index (χ0) is 19.7. The van der Waals surface area contributed by atoms with E-state index in [4.69, 9.17) is 16.3 Å². The molecule has 0 bridgehead atoms. The number of carbonyl (C=O) groups excluding carboxylic acids is 3. The summed E-state index contributed by atoms with van der Waals surface area (Å²) in [6.07, 6.45) is 1.28. The second kappa shape index (κ2) is 7.52. The highest BCUT2D eigenvalue weighted by atomic mass is 35.5. The van der Waals surface area contributed by atoms with E-state index in [2.05, 4.69) is 5.32 Å². The Morgan fingerprint density at radius 3 is 2.74 bits per heavy atom. The minimum absolute atomic E-state index is 0.0250. The third-order valence-electron chi connectivity index (χ3n) is 4.43. The summed E-state index contributed by atoms with van der Waals surface area (Å²) in [6, 6.07) is 4.20. The van der Waals surface area contributed by atoms with Crippen molar-refractivity contribution in [3.8, 4) is 0 Å². The number of anilines is 1. The van der Waals surface area contributed by atoms with Crippen molar-refractivity contribution < 1.29 is 23.5 Å². The number of ether oxygens (including phenoxy) is 1. The molecule has 142 valence electrons. The number of hydrogen-bond donors (Lipinski definition) is 1. The molecule has 6 nitrogen and oxygen atoms in total. The summed E-state index contributed by atoms with van der Waals surface area (Å²) >= 11 is 6.33. The van der Waals surface area contributed by atoms with Gasteiger partial charge in [0.05, 0.1) is 17.2 Å². The van der Waals surface area contributed by atoms with Crippen LogP contribution in [0.4, 0.5) is 10.1 Å². The lowest BCUT2D eigenvalue weighted by atomic mass is 10.1. The van der Waals surface area contributed by atoms with Crippen LogP contribution in [0, 0.1) is 12.7 Å². The van der Waals surface area contributed by atoms with E-state index in [-0.39, 0.29) is 28.7 Å². The van der Waals surface area contributed by atoms with Gasteiger partial charge in [0.25, 0.3) is 11.7 Å². The molecule has 1 aromatic heterocycles. The van der Waals surface area contributed by atoms with E-state index in [1.807, 2.05) is 0 Å². The average Bonchev–Trinajstić information content (AvgIpc) is 3.17. The van der Waals surface area contributed by atoms with Crippen LogP contribution in [0.5, 0.6) is 0 Å². The Bertz CT molecular complexity index is 952. The predicted octanol–water partition coefficient (Wildman–Crippen LogP) is 3.53. The molecule has 8 heteroatoms. The molecule has 3 rings (SSSR count). The van der Waals surface area contributed by atoms with Gasteiger partial charge in [-0.3, -0.25) is 9.59 Å². The van der Waals surface area contributed by atoms with Crippen molar-refractivity contribution in [3.05, 3.63) is 51.6 Å². The number of halogens is 2. The molecular weight excluding hydrogens is 375 g/mol. The molecule has 0 saturated heterocycles. The molecule has 1 aliphatic rings. The standard InChI is InChI=1S/C19H18ClFN2O4/c1-3-27-19(26)17(24)16-15(20)14(13-5-4-8-23(13)16)18(25)22-11-6-7-12(21)10(2)9-11/h6-7,9H,3-5,8H2,1-2H3,(H,22,25). The molecule has 2 heterocycles. The summed E-state index contributed by atoms with van der Waals surface area (Å²) in [5, 5.41) is 2.60. The third-order valence-corrected chi connectivity index (χ3v) is 4.79. The molecule has 0 saturated carbocycles. The topological polar surface area (TPSA) is 77.4 Å². The molecule has 1 N–H and O–H groups in total. The van der Waals surface area contributed by atoms with Gasteiger partial charge in [0.2, 0.25) is 0 Å². The largest absolute Gasteiger partial charge is 0.460 e. The summed E-state index contributed by atoms with van der Waals surface area (Å²) < 4.78 is 19.8. The molecule has 27 heavy (non-hydrogen) atoms. The lowest BCUT2D eigenvalue weighted by Crippen LogP contribution is -2.21. The van der Waals surface area contributed by atoms with Crippen LogP contribution in [0.15, 0.2) is 18.2 Å². The van der Waals surface area contributed by atoms with Crippen molar-refractivity contribution in [2.24, 2.45) is 0 Å². The van der Waals surface area contributed by atoms with Gasteiger partial charge in [-0.05, 0) is 50.5 Å². The Balaban J connectivity index is 1.97. The van der Waals surface area contributed by atoms with Crippen LogP contribution in [-0.4, -0.2) is 28.8 Å². The van der Waals surface area contributed by atoms with Gasteiger partial charge in [-0.2, -0.15) is 0 Å². The van der Waals surface area contributed by atoms with Gasteiger partial charge >= 0.3 is 5.97 Å². The first kappa shape index (κ1) is 19.1. The summed E-state index contributed by atoms with van der Waals surface area (Å²) in [6.45, 7) is 3.73. The fourth-order valence-electron chi connectivity index (χ4n) is 3.21. The second-order valence-electron chi connectivity index (χ2n) is 6.21. The van der Waals surface area contributed by atoms with Crippen LogP contribution < -0.4 is 5.32 Å². The van der Waals surface area contributed by atoms with E-state index in [9.17, 15) is 18.8 Å². The first-order chi connectivity index (χ1) is 12.8. The summed E-state index contributed by atoms with van der Waals surface area (Å²) in [5.74, 6) is -2.77. The highest BCUT2D eigenvalue weighted by Crippen LogP contribution is 2.34. The van der Waals surface area contributed by atoms with Crippen LogP contribution in [0.25, 0.3) is 0 Å². The zero-order valence-electron chi connectivity index (χ0n) is 14.9. The minimum Gasteiger partial charge on any atom is -0.460 e. The Hall–Kier alpha value is -2.67. The van der Waals surface area contributed by atoms with E-state index in [1.54, 1.807) is 18.4 Å². The third kappa shape index (κ3) is 3.47. The molecule has 0 aliphatic carbocycles. The molecule has 0 fully saturated rings. The Labute approximate surface area is 160 Å². The zero-order valence-corrected chi connectivity index (χ0v) is 15.7. The van der Waals surface area contributed by atoms with Crippen LogP contribution >= 0.6 is 11.6 Å². The van der Waals surface area contributed by atoms with Crippen molar-refractivity contribution in [2.45, 2.75) is 33.2 Å². The lowest BCUT2D eigenvalue weighted by Gasteiger charge is -2.07. The number of hydrogen-bond acceptors (Lipinski definition) is 4. The number of aromatic nitrogens is 1. The highest BCUT2D eigenvalue weighted by Gasteiger charge is 2.34. The summed E-state index contributed by atoms with van der Waals surface area (Å²) in [7, 11) is 0. The molecular formula is C19H18ClFN2O4. The van der Waals surface area contributed by atoms with Crippen molar-refractivity contribution in [2.75, 3.05) is 11.9 Å². The molecule has 1 amide bonds. The number of rotatable bonds is 5. The van der Waals surface area contributed by atoms with Crippen LogP contribution in [0.3, 0.4) is 0 Å². The Morgan fingerprint density at radius 2 is 2.07 bits per heavy atom. The van der Waals surface area contributed by atoms with Gasteiger partial charge in [-0.1, -0.05) is 11.6 Å². The number of esters is 1. The minimum atomic E-state index is -1.01. The number of benzene rings is 1.